The van der Waals surface area contributed by atoms with Gasteiger partial charge in [0.15, 0.2) is 0 Å². The van der Waals surface area contributed by atoms with E-state index in [-0.39, 0.29) is 0 Å². The van der Waals surface area contributed by atoms with E-state index in [0.29, 0.717) is 5.75 Å². The van der Waals surface area contributed by atoms with Crippen LogP contribution in [0.1, 0.15) is 96.3 Å². The van der Waals surface area contributed by atoms with Crippen molar-refractivity contribution in [1.82, 2.24) is 0 Å². The molecule has 191 valence electrons. The van der Waals surface area contributed by atoms with E-state index in [9.17, 15) is 4.79 Å². The maximum Gasteiger partial charge on any atom is 0.368 e. The normalized spacial score (nSPS) is 20.6. The summed E-state index contributed by atoms with van der Waals surface area (Å²) in [6, 6.07) is 12.6. The molecule has 1 radical (unpaired) electrons. The average Bonchev–Trinajstić information content (AvgIpc) is 2.91. The minimum atomic E-state index is -2.11. The first kappa shape index (κ1) is 26.9. The summed E-state index contributed by atoms with van der Waals surface area (Å²) < 4.78 is 8.82. The fraction of sp³-hybridized carbons (Fsp3) is 0.633. The summed E-state index contributed by atoms with van der Waals surface area (Å²) in [5.41, 5.74) is 0. The third-order valence-corrected chi connectivity index (χ3v) is 21.4. The number of carbonyl (C=O) groups is 1. The van der Waals surface area contributed by atoms with Gasteiger partial charge in [-0.15, -0.1) is 0 Å². The Morgan fingerprint density at radius 3 is 1.63 bits per heavy atom. The van der Waals surface area contributed by atoms with Gasteiger partial charge in [-0.1, -0.05) is 36.4 Å². The van der Waals surface area contributed by atoms with Crippen LogP contribution in [-0.4, -0.2) is 42.2 Å². The number of carbonyl (C=O) groups excluding carboxylic acids is 1. The molecule has 5 rings (SSSR count). The Morgan fingerprint density at radius 2 is 1.14 bits per heavy atom. The van der Waals surface area contributed by atoms with Gasteiger partial charge < -0.3 is 14.9 Å². The first-order chi connectivity index (χ1) is 17.1. The van der Waals surface area contributed by atoms with Gasteiger partial charge in [-0.25, -0.2) is 4.79 Å². The standard InChI is InChI=1S/C12H10O4.3C6H11.Sn/c13-11(14)12(15)16-10-7-3-5-8-4-1-2-6-9(8)10;3*1-2-4-6-5-3-1;/h1-7,11,13-14H;3*1H,2-6H2;. The Labute approximate surface area is 218 Å². The summed E-state index contributed by atoms with van der Waals surface area (Å²) in [5.74, 6) is -0.771. The fourth-order valence-electron chi connectivity index (χ4n) is 6.75. The van der Waals surface area contributed by atoms with Gasteiger partial charge in [0.1, 0.15) is 5.75 Å². The molecule has 0 aromatic heterocycles. The number of hydrogen-bond donors (Lipinski definition) is 2. The van der Waals surface area contributed by atoms with E-state index in [1.165, 1.54) is 11.8 Å². The maximum absolute atomic E-state index is 11.0. The molecule has 5 heteroatoms. The number of esters is 1. The average molecular weight is 586 g/mol. The van der Waals surface area contributed by atoms with Crippen molar-refractivity contribution in [3.63, 3.8) is 0 Å². The number of ether oxygens (including phenoxy) is 1. The van der Waals surface area contributed by atoms with Crippen LogP contribution in [0.3, 0.4) is 0 Å². The van der Waals surface area contributed by atoms with Crippen LogP contribution in [0.4, 0.5) is 0 Å². The largest absolute Gasteiger partial charge is 0.422 e. The van der Waals surface area contributed by atoms with E-state index >= 15 is 0 Å². The van der Waals surface area contributed by atoms with Gasteiger partial charge in [0.25, 0.3) is 6.29 Å². The molecule has 2 aromatic carbocycles. The minimum Gasteiger partial charge on any atom is -0.422 e. The van der Waals surface area contributed by atoms with Crippen LogP contribution in [-0.2, 0) is 4.79 Å². The molecule has 2 N–H and O–H groups in total. The molecule has 3 fully saturated rings. The molecule has 3 aliphatic rings. The second-order valence-corrected chi connectivity index (χ2v) is 20.6. The van der Waals surface area contributed by atoms with Crippen LogP contribution in [0.25, 0.3) is 10.8 Å². The van der Waals surface area contributed by atoms with E-state index in [0.717, 1.165) is 10.8 Å². The number of aliphatic hydroxyl groups is 2. The van der Waals surface area contributed by atoms with Crippen LogP contribution in [0.5, 0.6) is 5.75 Å². The van der Waals surface area contributed by atoms with Gasteiger partial charge in [-0.3, -0.25) is 0 Å². The molecule has 35 heavy (non-hydrogen) atoms. The molecular weight excluding hydrogens is 543 g/mol. The smallest absolute Gasteiger partial charge is 0.368 e. The first-order valence-corrected chi connectivity index (χ1v) is 19.0. The Hall–Kier alpha value is -1.11. The third kappa shape index (κ3) is 7.69. The molecule has 0 unspecified atom stereocenters. The maximum atomic E-state index is 11.0. The Balaban J connectivity index is 0.000000168. The van der Waals surface area contributed by atoms with Gasteiger partial charge in [0, 0.05) is 5.39 Å². The van der Waals surface area contributed by atoms with Crippen LogP contribution in [0.2, 0.25) is 11.8 Å². The summed E-state index contributed by atoms with van der Waals surface area (Å²) >= 11 is -1.15. The van der Waals surface area contributed by atoms with Crippen molar-refractivity contribution in [2.75, 3.05) is 0 Å². The zero-order valence-electron chi connectivity index (χ0n) is 21.2. The molecule has 0 atom stereocenters. The zero-order valence-corrected chi connectivity index (χ0v) is 24.0. The van der Waals surface area contributed by atoms with Crippen molar-refractivity contribution in [3.8, 4) is 5.75 Å². The van der Waals surface area contributed by atoms with Crippen LogP contribution in [0, 0.1) is 0 Å². The van der Waals surface area contributed by atoms with Gasteiger partial charge >= 0.3 is 134 Å². The second kappa shape index (κ2) is 14.0. The molecule has 0 bridgehead atoms. The summed E-state index contributed by atoms with van der Waals surface area (Å²) in [6.45, 7) is 0. The first-order valence-electron chi connectivity index (χ1n) is 14.1. The third-order valence-electron chi connectivity index (χ3n) is 8.40. The quantitative estimate of drug-likeness (QED) is 0.165. The van der Waals surface area contributed by atoms with E-state index in [4.69, 9.17) is 14.9 Å². The Kier molecular flexibility index (Phi) is 10.8. The van der Waals surface area contributed by atoms with Gasteiger partial charge in [0.2, 0.25) is 0 Å². The second-order valence-electron chi connectivity index (χ2n) is 10.8. The Bertz CT molecular complexity index is 863. The van der Waals surface area contributed by atoms with Crippen LogP contribution in [0.15, 0.2) is 42.5 Å². The van der Waals surface area contributed by atoms with E-state index in [1.807, 2.05) is 24.3 Å². The molecular formula is C30H43O4Sn. The molecule has 3 aliphatic carbocycles. The molecule has 0 amide bonds. The van der Waals surface area contributed by atoms with E-state index in [2.05, 4.69) is 0 Å². The minimum absolute atomic E-state index is 0.316. The van der Waals surface area contributed by atoms with Gasteiger partial charge in [-0.2, -0.15) is 0 Å². The summed E-state index contributed by atoms with van der Waals surface area (Å²) in [4.78, 5) is 11.0. The van der Waals surface area contributed by atoms with Crippen LogP contribution >= 0.6 is 0 Å². The molecule has 4 nitrogen and oxygen atoms in total. The number of aliphatic hydroxyl groups excluding tert-OH is 1. The van der Waals surface area contributed by atoms with Gasteiger partial charge in [0.05, 0.1) is 0 Å². The number of rotatable bonds is 5. The molecule has 0 heterocycles. The van der Waals surface area contributed by atoms with E-state index in [1.54, 1.807) is 115 Å². The molecule has 0 saturated heterocycles. The predicted molar refractivity (Wildman–Crippen MR) is 144 cm³/mol. The molecule has 0 aliphatic heterocycles. The zero-order chi connectivity index (χ0) is 24.5. The topological polar surface area (TPSA) is 66.8 Å². The molecule has 3 saturated carbocycles. The summed E-state index contributed by atoms with van der Waals surface area (Å²) in [5, 5.41) is 18.9. The van der Waals surface area contributed by atoms with Crippen LogP contribution < -0.4 is 4.74 Å². The van der Waals surface area contributed by atoms with Crippen molar-refractivity contribution >= 4 is 36.5 Å². The van der Waals surface area contributed by atoms with Crippen molar-refractivity contribution in [2.45, 2.75) is 114 Å². The summed E-state index contributed by atoms with van der Waals surface area (Å²) in [7, 11) is 0. The van der Waals surface area contributed by atoms with Crippen molar-refractivity contribution in [3.05, 3.63) is 42.5 Å². The Morgan fingerprint density at radius 1 is 0.686 bits per heavy atom. The molecule has 2 aromatic rings. The number of benzene rings is 2. The number of fused-ring (bicyclic) bond motifs is 1. The summed E-state index contributed by atoms with van der Waals surface area (Å²) in [6.07, 6.45) is 22.1. The van der Waals surface area contributed by atoms with Crippen molar-refractivity contribution in [1.29, 1.82) is 0 Å². The monoisotopic (exact) mass is 587 g/mol. The van der Waals surface area contributed by atoms with Crippen molar-refractivity contribution < 1.29 is 19.7 Å². The van der Waals surface area contributed by atoms with Gasteiger partial charge in [-0.05, 0) is 11.5 Å². The SMILES string of the molecule is C1CC[CH]([Sn]([CH]2CCCCC2)[CH]2CCCCC2)CC1.O=C(Oc1cccc2ccccc12)C(O)O. The van der Waals surface area contributed by atoms with E-state index < -0.39 is 32.0 Å². The van der Waals surface area contributed by atoms with Crippen molar-refractivity contribution in [2.24, 2.45) is 0 Å². The number of hydrogen-bond acceptors (Lipinski definition) is 4. The molecule has 0 spiro atoms. The predicted octanol–water partition coefficient (Wildman–Crippen LogP) is 7.54. The fourth-order valence-corrected chi connectivity index (χ4v) is 21.7.